The predicted molar refractivity (Wildman–Crippen MR) is 110 cm³/mol. The molecule has 28 heavy (non-hydrogen) atoms. The molecule has 2 aromatic heterocycles. The first-order valence-electron chi connectivity index (χ1n) is 9.12. The Bertz CT molecular complexity index is 897. The van der Waals surface area contributed by atoms with Crippen molar-refractivity contribution in [3.63, 3.8) is 0 Å². The summed E-state index contributed by atoms with van der Waals surface area (Å²) in [6, 6.07) is 11.4. The highest BCUT2D eigenvalue weighted by Crippen LogP contribution is 2.28. The van der Waals surface area contributed by atoms with Gasteiger partial charge in [-0.15, -0.1) is 10.2 Å². The molecule has 0 fully saturated rings. The highest BCUT2D eigenvalue weighted by Gasteiger charge is 2.17. The molecule has 0 saturated carbocycles. The summed E-state index contributed by atoms with van der Waals surface area (Å²) in [5.74, 6) is 1.75. The van der Waals surface area contributed by atoms with E-state index in [0.29, 0.717) is 17.5 Å². The van der Waals surface area contributed by atoms with Crippen LogP contribution in [0.3, 0.4) is 0 Å². The average molecular weight is 398 g/mol. The van der Waals surface area contributed by atoms with Gasteiger partial charge in [-0.05, 0) is 42.8 Å². The number of nitrogens with one attached hydrogen (secondary N) is 1. The maximum atomic E-state index is 12.1. The number of hydrogen-bond acceptors (Lipinski definition) is 6. The van der Waals surface area contributed by atoms with Crippen LogP contribution in [0.1, 0.15) is 19.8 Å². The lowest BCUT2D eigenvalue weighted by atomic mass is 10.2. The maximum Gasteiger partial charge on any atom is 0.230 e. The molecule has 0 aliphatic rings. The number of pyridine rings is 1. The lowest BCUT2D eigenvalue weighted by molar-refractivity contribution is -0.118. The average Bonchev–Trinajstić information content (AvgIpc) is 3.17. The van der Waals surface area contributed by atoms with Gasteiger partial charge < -0.3 is 10.1 Å². The smallest absolute Gasteiger partial charge is 0.230 e. The zero-order chi connectivity index (χ0) is 19.8. The molecule has 0 saturated heterocycles. The molecule has 0 aliphatic carbocycles. The Morgan fingerprint density at radius 2 is 1.89 bits per heavy atom. The molecule has 1 aromatic carbocycles. The van der Waals surface area contributed by atoms with E-state index >= 15 is 0 Å². The van der Waals surface area contributed by atoms with E-state index in [1.54, 1.807) is 19.5 Å². The molecule has 3 rings (SSSR count). The van der Waals surface area contributed by atoms with Crippen molar-refractivity contribution in [2.45, 2.75) is 24.9 Å². The van der Waals surface area contributed by atoms with Gasteiger partial charge in [-0.2, -0.15) is 0 Å². The number of rotatable bonds is 9. The summed E-state index contributed by atoms with van der Waals surface area (Å²) in [5, 5.41) is 12.3. The molecular weight excluding hydrogens is 374 g/mol. The second-order valence-corrected chi connectivity index (χ2v) is 7.01. The fraction of sp³-hybridized carbons (Fsp3) is 0.300. The number of benzene rings is 1. The zero-order valence-corrected chi connectivity index (χ0v) is 16.8. The van der Waals surface area contributed by atoms with E-state index in [0.717, 1.165) is 29.8 Å². The second-order valence-electron chi connectivity index (χ2n) is 6.07. The van der Waals surface area contributed by atoms with E-state index < -0.39 is 0 Å². The molecule has 0 bridgehead atoms. The molecule has 8 heteroatoms. The summed E-state index contributed by atoms with van der Waals surface area (Å²) in [6.07, 6.45) is 5.46. The van der Waals surface area contributed by atoms with Crippen molar-refractivity contribution in [2.75, 3.05) is 19.4 Å². The monoisotopic (exact) mass is 397 g/mol. The summed E-state index contributed by atoms with van der Waals surface area (Å²) in [4.78, 5) is 16.2. The molecule has 0 unspecified atom stereocenters. The van der Waals surface area contributed by atoms with Crippen LogP contribution in [-0.4, -0.2) is 45.1 Å². The SMILES string of the molecule is CCCCNC(=O)CSc1nnc(-c2ccncc2)n1-c1ccc(OC)cc1. The summed E-state index contributed by atoms with van der Waals surface area (Å²) >= 11 is 1.36. The quantitative estimate of drug-likeness (QED) is 0.440. The lowest BCUT2D eigenvalue weighted by Crippen LogP contribution is -2.26. The molecule has 1 amide bonds. The number of unbranched alkanes of at least 4 members (excludes halogenated alkanes) is 1. The molecule has 0 atom stereocenters. The minimum absolute atomic E-state index is 0.00630. The number of carbonyl (C=O) groups is 1. The summed E-state index contributed by atoms with van der Waals surface area (Å²) in [7, 11) is 1.63. The van der Waals surface area contributed by atoms with Gasteiger partial charge in [0, 0.05) is 30.2 Å². The van der Waals surface area contributed by atoms with Crippen LogP contribution in [0.5, 0.6) is 5.75 Å². The van der Waals surface area contributed by atoms with Gasteiger partial charge in [0.2, 0.25) is 5.91 Å². The van der Waals surface area contributed by atoms with Gasteiger partial charge in [0.05, 0.1) is 12.9 Å². The van der Waals surface area contributed by atoms with Crippen LogP contribution in [0.15, 0.2) is 53.9 Å². The van der Waals surface area contributed by atoms with Crippen LogP contribution >= 0.6 is 11.8 Å². The normalized spacial score (nSPS) is 10.6. The number of aromatic nitrogens is 4. The van der Waals surface area contributed by atoms with Crippen LogP contribution in [0.25, 0.3) is 17.1 Å². The Kier molecular flexibility index (Phi) is 7.02. The molecule has 146 valence electrons. The third kappa shape index (κ3) is 4.89. The minimum Gasteiger partial charge on any atom is -0.497 e. The van der Waals surface area contributed by atoms with Crippen molar-refractivity contribution in [3.8, 4) is 22.8 Å². The van der Waals surface area contributed by atoms with Crippen LogP contribution in [0.4, 0.5) is 0 Å². The van der Waals surface area contributed by atoms with E-state index in [2.05, 4.69) is 27.4 Å². The van der Waals surface area contributed by atoms with Gasteiger partial charge >= 0.3 is 0 Å². The van der Waals surface area contributed by atoms with E-state index in [1.807, 2.05) is 41.0 Å². The highest BCUT2D eigenvalue weighted by molar-refractivity contribution is 7.99. The van der Waals surface area contributed by atoms with Gasteiger partial charge in [0.25, 0.3) is 0 Å². The van der Waals surface area contributed by atoms with Crippen LogP contribution in [-0.2, 0) is 4.79 Å². The van der Waals surface area contributed by atoms with Crippen molar-refractivity contribution in [2.24, 2.45) is 0 Å². The Hall–Kier alpha value is -2.87. The topological polar surface area (TPSA) is 81.9 Å². The first kappa shape index (κ1) is 19.9. The molecule has 0 radical (unpaired) electrons. The molecule has 2 heterocycles. The highest BCUT2D eigenvalue weighted by atomic mass is 32.2. The number of carbonyl (C=O) groups excluding carboxylic acids is 1. The lowest BCUT2D eigenvalue weighted by Gasteiger charge is -2.11. The first-order chi connectivity index (χ1) is 13.7. The molecule has 0 aliphatic heterocycles. The van der Waals surface area contributed by atoms with Gasteiger partial charge in [-0.3, -0.25) is 14.3 Å². The Labute approximate surface area is 168 Å². The first-order valence-corrected chi connectivity index (χ1v) is 10.1. The maximum absolute atomic E-state index is 12.1. The number of hydrogen-bond donors (Lipinski definition) is 1. The summed E-state index contributed by atoms with van der Waals surface area (Å²) < 4.78 is 7.19. The third-order valence-electron chi connectivity index (χ3n) is 4.09. The fourth-order valence-corrected chi connectivity index (χ4v) is 3.38. The summed E-state index contributed by atoms with van der Waals surface area (Å²) in [6.45, 7) is 2.79. The van der Waals surface area contributed by atoms with E-state index in [1.165, 1.54) is 11.8 Å². The van der Waals surface area contributed by atoms with Gasteiger partial charge in [-0.1, -0.05) is 25.1 Å². The molecular formula is C20H23N5O2S. The van der Waals surface area contributed by atoms with Crippen LogP contribution < -0.4 is 10.1 Å². The number of ether oxygens (including phenoxy) is 1. The van der Waals surface area contributed by atoms with Crippen LogP contribution in [0, 0.1) is 0 Å². The van der Waals surface area contributed by atoms with E-state index in [9.17, 15) is 4.79 Å². The largest absolute Gasteiger partial charge is 0.497 e. The molecule has 3 aromatic rings. The number of nitrogens with zero attached hydrogens (tertiary/aromatic N) is 4. The second kappa shape index (κ2) is 9.89. The fourth-order valence-electron chi connectivity index (χ4n) is 2.60. The zero-order valence-electron chi connectivity index (χ0n) is 16.0. The van der Waals surface area contributed by atoms with Gasteiger partial charge in [0.15, 0.2) is 11.0 Å². The summed E-state index contributed by atoms with van der Waals surface area (Å²) in [5.41, 5.74) is 1.80. The van der Waals surface area contributed by atoms with Crippen molar-refractivity contribution < 1.29 is 9.53 Å². The molecule has 1 N–H and O–H groups in total. The number of thioether (sulfide) groups is 1. The standard InChI is InChI=1S/C20H23N5O2S/c1-3-4-11-22-18(26)14-28-20-24-23-19(15-9-12-21-13-10-15)25(20)16-5-7-17(27-2)8-6-16/h5-10,12-13H,3-4,11,14H2,1-2H3,(H,22,26). The van der Waals surface area contributed by atoms with Crippen LogP contribution in [0.2, 0.25) is 0 Å². The Balaban J connectivity index is 1.87. The molecule has 0 spiro atoms. The number of amides is 1. The van der Waals surface area contributed by atoms with Crippen molar-refractivity contribution in [3.05, 3.63) is 48.8 Å². The van der Waals surface area contributed by atoms with Gasteiger partial charge in [-0.25, -0.2) is 0 Å². The van der Waals surface area contributed by atoms with Crippen molar-refractivity contribution >= 4 is 17.7 Å². The predicted octanol–water partition coefficient (Wildman–Crippen LogP) is 3.35. The van der Waals surface area contributed by atoms with Crippen molar-refractivity contribution in [1.82, 2.24) is 25.1 Å². The van der Waals surface area contributed by atoms with Crippen molar-refractivity contribution in [1.29, 1.82) is 0 Å². The minimum atomic E-state index is -0.00630. The Morgan fingerprint density at radius 3 is 2.57 bits per heavy atom. The third-order valence-corrected chi connectivity index (χ3v) is 5.02. The van der Waals surface area contributed by atoms with E-state index in [4.69, 9.17) is 4.74 Å². The Morgan fingerprint density at radius 1 is 1.14 bits per heavy atom. The molecule has 7 nitrogen and oxygen atoms in total. The number of methoxy groups -OCH3 is 1. The van der Waals surface area contributed by atoms with Gasteiger partial charge in [0.1, 0.15) is 5.75 Å². The van der Waals surface area contributed by atoms with E-state index in [-0.39, 0.29) is 11.7 Å².